The van der Waals surface area contributed by atoms with Crippen molar-refractivity contribution in [1.29, 1.82) is 0 Å². The molecule has 0 unspecified atom stereocenters. The van der Waals surface area contributed by atoms with Crippen LogP contribution in [-0.4, -0.2) is 28.1 Å². The average Bonchev–Trinajstić information content (AvgIpc) is 3.20. The molecule has 8 heteroatoms. The van der Waals surface area contributed by atoms with E-state index in [0.717, 1.165) is 26.4 Å². The highest BCUT2D eigenvalue weighted by molar-refractivity contribution is 8.03. The topological polar surface area (TPSA) is 67.2 Å². The van der Waals surface area contributed by atoms with Crippen molar-refractivity contribution in [3.63, 3.8) is 0 Å². The summed E-state index contributed by atoms with van der Waals surface area (Å²) < 4.78 is 1.69. The summed E-state index contributed by atoms with van der Waals surface area (Å²) in [7, 11) is 0. The van der Waals surface area contributed by atoms with Crippen LogP contribution in [0.3, 0.4) is 0 Å². The Hall–Kier alpha value is -2.16. The second-order valence-corrected chi connectivity index (χ2v) is 9.71. The van der Waals surface area contributed by atoms with Crippen molar-refractivity contribution in [1.82, 2.24) is 15.6 Å². The smallest absolute Gasteiger partial charge is 0.250 e. The zero-order chi connectivity index (χ0) is 20.5. The van der Waals surface area contributed by atoms with Crippen molar-refractivity contribution in [2.24, 2.45) is 5.10 Å². The van der Waals surface area contributed by atoms with Crippen LogP contribution >= 0.6 is 34.9 Å². The molecule has 1 heterocycles. The summed E-state index contributed by atoms with van der Waals surface area (Å²) >= 11 is 4.53. The Bertz CT molecular complexity index is 953. The van der Waals surface area contributed by atoms with Gasteiger partial charge < -0.3 is 0 Å². The summed E-state index contributed by atoms with van der Waals surface area (Å²) in [5.74, 6) is 0.942. The Morgan fingerprint density at radius 1 is 1.03 bits per heavy atom. The molecular weight excluding hydrogens is 420 g/mol. The molecule has 0 fully saturated rings. The van der Waals surface area contributed by atoms with Gasteiger partial charge in [-0.05, 0) is 30.0 Å². The molecule has 0 radical (unpaired) electrons. The van der Waals surface area contributed by atoms with Gasteiger partial charge in [0.05, 0.1) is 12.0 Å². The van der Waals surface area contributed by atoms with Crippen molar-refractivity contribution in [2.45, 2.75) is 34.7 Å². The number of hydrogen-bond donors (Lipinski definition) is 1. The lowest BCUT2D eigenvalue weighted by molar-refractivity contribution is -0.118. The van der Waals surface area contributed by atoms with Crippen LogP contribution in [0.4, 0.5) is 0 Å². The zero-order valence-electron chi connectivity index (χ0n) is 16.3. The Labute approximate surface area is 183 Å². The molecule has 1 aromatic heterocycles. The first-order valence-corrected chi connectivity index (χ1v) is 12.0. The first-order valence-electron chi connectivity index (χ1n) is 9.18. The molecule has 3 aromatic rings. The molecule has 0 aliphatic heterocycles. The number of hydrogen-bond acceptors (Lipinski definition) is 7. The monoisotopic (exact) mass is 442 g/mol. The molecule has 5 nitrogen and oxygen atoms in total. The van der Waals surface area contributed by atoms with Gasteiger partial charge in [0.15, 0.2) is 8.68 Å². The maximum absolute atomic E-state index is 12.0. The van der Waals surface area contributed by atoms with Gasteiger partial charge in [0, 0.05) is 5.75 Å². The molecule has 0 aliphatic carbocycles. The summed E-state index contributed by atoms with van der Waals surface area (Å²) in [5.41, 5.74) is 7.29. The fourth-order valence-electron chi connectivity index (χ4n) is 2.32. The minimum Gasteiger partial charge on any atom is -0.272 e. The van der Waals surface area contributed by atoms with E-state index in [1.165, 1.54) is 39.8 Å². The predicted octanol–water partition coefficient (Wildman–Crippen LogP) is 4.94. The van der Waals surface area contributed by atoms with Crippen LogP contribution in [0.25, 0.3) is 0 Å². The highest BCUT2D eigenvalue weighted by atomic mass is 32.2. The molecule has 2 aromatic carbocycles. The molecule has 0 atom stereocenters. The molecule has 150 valence electrons. The Kier molecular flexibility index (Phi) is 8.27. The number of carbonyl (C=O) groups is 1. The third kappa shape index (κ3) is 7.30. The lowest BCUT2D eigenvalue weighted by Crippen LogP contribution is -2.19. The standard InChI is InChI=1S/C21H22N4OS3/c1-3-16-8-10-17(11-9-16)12-22-23-19(26)14-28-21-25-24-20(29-21)27-13-18-6-4-15(2)5-7-18/h4-12H,3,13-14H2,1-2H3,(H,23,26)/b22-12-. The van der Waals surface area contributed by atoms with Crippen LogP contribution in [0, 0.1) is 6.92 Å². The minimum atomic E-state index is -0.166. The van der Waals surface area contributed by atoms with Crippen LogP contribution in [0.5, 0.6) is 0 Å². The Balaban J connectivity index is 1.39. The quantitative estimate of drug-likeness (QED) is 0.289. The van der Waals surface area contributed by atoms with Gasteiger partial charge in [0.1, 0.15) is 0 Å². The summed E-state index contributed by atoms with van der Waals surface area (Å²) in [4.78, 5) is 12.0. The van der Waals surface area contributed by atoms with Crippen molar-refractivity contribution < 1.29 is 4.79 Å². The fourth-order valence-corrected chi connectivity index (χ4v) is 5.09. The Morgan fingerprint density at radius 2 is 1.69 bits per heavy atom. The molecule has 29 heavy (non-hydrogen) atoms. The van der Waals surface area contributed by atoms with Gasteiger partial charge in [0.2, 0.25) is 0 Å². The fraction of sp³-hybridized carbons (Fsp3) is 0.238. The number of nitrogens with one attached hydrogen (secondary N) is 1. The van der Waals surface area contributed by atoms with E-state index in [2.05, 4.69) is 71.0 Å². The number of benzene rings is 2. The van der Waals surface area contributed by atoms with E-state index in [-0.39, 0.29) is 11.7 Å². The van der Waals surface area contributed by atoms with E-state index >= 15 is 0 Å². The van der Waals surface area contributed by atoms with Crippen molar-refractivity contribution in [3.8, 4) is 0 Å². The normalized spacial score (nSPS) is 11.1. The molecule has 0 saturated carbocycles. The number of carbonyl (C=O) groups excluding carboxylic acids is 1. The van der Waals surface area contributed by atoms with Gasteiger partial charge in [-0.2, -0.15) is 5.10 Å². The van der Waals surface area contributed by atoms with E-state index in [0.29, 0.717) is 0 Å². The van der Waals surface area contributed by atoms with Crippen LogP contribution in [-0.2, 0) is 17.0 Å². The third-order valence-corrected chi connectivity index (χ3v) is 7.25. The lowest BCUT2D eigenvalue weighted by Gasteiger charge is -1.99. The first kappa shape index (κ1) is 21.5. The van der Waals surface area contributed by atoms with Crippen LogP contribution in [0.2, 0.25) is 0 Å². The summed E-state index contributed by atoms with van der Waals surface area (Å²) in [5, 5.41) is 12.4. The van der Waals surface area contributed by atoms with Crippen LogP contribution < -0.4 is 5.43 Å². The van der Waals surface area contributed by atoms with Gasteiger partial charge >= 0.3 is 0 Å². The predicted molar refractivity (Wildman–Crippen MR) is 123 cm³/mol. The second kappa shape index (κ2) is 11.1. The molecule has 0 bridgehead atoms. The minimum absolute atomic E-state index is 0.166. The zero-order valence-corrected chi connectivity index (χ0v) is 18.7. The summed E-state index contributed by atoms with van der Waals surface area (Å²) in [6.45, 7) is 4.20. The number of thioether (sulfide) groups is 2. The van der Waals surface area contributed by atoms with Crippen molar-refractivity contribution in [2.75, 3.05) is 5.75 Å². The van der Waals surface area contributed by atoms with E-state index in [4.69, 9.17) is 0 Å². The Morgan fingerprint density at radius 3 is 2.38 bits per heavy atom. The second-order valence-electron chi connectivity index (χ2n) is 6.29. The number of hydrazone groups is 1. The summed E-state index contributed by atoms with van der Waals surface area (Å²) in [6, 6.07) is 16.6. The molecule has 1 amide bonds. The molecule has 0 spiro atoms. The van der Waals surface area contributed by atoms with Crippen molar-refractivity contribution in [3.05, 3.63) is 70.8 Å². The number of aryl methyl sites for hydroxylation is 2. The number of aromatic nitrogens is 2. The maximum atomic E-state index is 12.0. The van der Waals surface area contributed by atoms with E-state index < -0.39 is 0 Å². The highest BCUT2D eigenvalue weighted by Gasteiger charge is 2.08. The van der Waals surface area contributed by atoms with Crippen molar-refractivity contribution >= 4 is 47.0 Å². The lowest BCUT2D eigenvalue weighted by atomic mass is 10.1. The average molecular weight is 443 g/mol. The van der Waals surface area contributed by atoms with E-state index in [1.54, 1.807) is 18.0 Å². The summed E-state index contributed by atoms with van der Waals surface area (Å²) in [6.07, 6.45) is 2.65. The van der Waals surface area contributed by atoms with E-state index in [9.17, 15) is 4.79 Å². The van der Waals surface area contributed by atoms with E-state index in [1.807, 2.05) is 12.1 Å². The SMILES string of the molecule is CCc1ccc(/C=N\NC(=O)CSc2nnc(SCc3ccc(C)cc3)s2)cc1. The highest BCUT2D eigenvalue weighted by Crippen LogP contribution is 2.30. The molecule has 3 rings (SSSR count). The van der Waals surface area contributed by atoms with Gasteiger partial charge in [-0.15, -0.1) is 10.2 Å². The number of rotatable bonds is 9. The number of amides is 1. The van der Waals surface area contributed by atoms with Gasteiger partial charge in [-0.25, -0.2) is 5.43 Å². The first-order chi connectivity index (χ1) is 14.1. The largest absolute Gasteiger partial charge is 0.272 e. The van der Waals surface area contributed by atoms with Crippen LogP contribution in [0.15, 0.2) is 62.3 Å². The van der Waals surface area contributed by atoms with Gasteiger partial charge in [0.25, 0.3) is 5.91 Å². The molecular formula is C21H22N4OS3. The van der Waals surface area contributed by atoms with Gasteiger partial charge in [-0.3, -0.25) is 4.79 Å². The van der Waals surface area contributed by atoms with Crippen LogP contribution in [0.1, 0.15) is 29.2 Å². The molecule has 1 N–H and O–H groups in total. The van der Waals surface area contributed by atoms with Gasteiger partial charge in [-0.1, -0.05) is 95.9 Å². The third-order valence-electron chi connectivity index (χ3n) is 3.99. The molecule has 0 saturated heterocycles. The number of nitrogens with zero attached hydrogens (tertiary/aromatic N) is 3. The maximum Gasteiger partial charge on any atom is 0.250 e. The molecule has 0 aliphatic rings.